The maximum Gasteiger partial charge on any atom is 0.124 e. The number of hydrogen-bond donors (Lipinski definition) is 1. The molecule has 20 heavy (non-hydrogen) atoms. The molecule has 0 amide bonds. The summed E-state index contributed by atoms with van der Waals surface area (Å²) in [4.78, 5) is 2.63. The molecule has 1 aromatic rings. The minimum Gasteiger partial charge on any atom is -0.492 e. The van der Waals surface area contributed by atoms with Gasteiger partial charge in [0.25, 0.3) is 0 Å². The highest BCUT2D eigenvalue weighted by Gasteiger charge is 2.36. The summed E-state index contributed by atoms with van der Waals surface area (Å²) in [7, 11) is 2.07. The number of fused-ring (bicyclic) bond motifs is 1. The number of nitrogens with zero attached hydrogens (tertiary/aromatic N) is 1. The molecule has 3 rings (SSSR count). The Labute approximate surface area is 122 Å². The third kappa shape index (κ3) is 2.45. The highest BCUT2D eigenvalue weighted by Crippen LogP contribution is 2.36. The van der Waals surface area contributed by atoms with Crippen molar-refractivity contribution in [1.82, 2.24) is 10.2 Å². The zero-order valence-corrected chi connectivity index (χ0v) is 12.8. The van der Waals surface area contributed by atoms with Gasteiger partial charge in [0, 0.05) is 12.1 Å². The van der Waals surface area contributed by atoms with Crippen LogP contribution in [0.15, 0.2) is 24.3 Å². The summed E-state index contributed by atoms with van der Waals surface area (Å²) in [5.74, 6) is 2.66. The van der Waals surface area contributed by atoms with Crippen LogP contribution in [0.2, 0.25) is 0 Å². The maximum atomic E-state index is 6.00. The van der Waals surface area contributed by atoms with E-state index in [0.29, 0.717) is 12.1 Å². The van der Waals surface area contributed by atoms with Crippen LogP contribution in [0.25, 0.3) is 0 Å². The molecule has 3 heteroatoms. The predicted octanol–water partition coefficient (Wildman–Crippen LogP) is 2.69. The van der Waals surface area contributed by atoms with E-state index in [2.05, 4.69) is 55.4 Å². The van der Waals surface area contributed by atoms with E-state index in [1.54, 1.807) is 0 Å². The molecule has 2 aliphatic heterocycles. The van der Waals surface area contributed by atoms with Crippen LogP contribution in [-0.2, 0) is 0 Å². The van der Waals surface area contributed by atoms with Crippen molar-refractivity contribution in [3.05, 3.63) is 29.8 Å². The zero-order valence-electron chi connectivity index (χ0n) is 12.8. The topological polar surface area (TPSA) is 24.5 Å². The summed E-state index contributed by atoms with van der Waals surface area (Å²) in [6.07, 6.45) is 1.30. The van der Waals surface area contributed by atoms with Gasteiger partial charge in [0.1, 0.15) is 12.4 Å². The molecular weight excluding hydrogens is 248 g/mol. The van der Waals surface area contributed by atoms with Crippen molar-refractivity contribution >= 4 is 0 Å². The summed E-state index contributed by atoms with van der Waals surface area (Å²) < 4.78 is 6.00. The van der Waals surface area contributed by atoms with Gasteiger partial charge in [0.2, 0.25) is 0 Å². The number of piperidine rings is 1. The average Bonchev–Trinajstić information content (AvgIpc) is 2.49. The lowest BCUT2D eigenvalue weighted by molar-refractivity contribution is 0.0394. The first-order valence-corrected chi connectivity index (χ1v) is 7.83. The second-order valence-electron chi connectivity index (χ2n) is 6.42. The van der Waals surface area contributed by atoms with Crippen LogP contribution in [0, 0.1) is 11.8 Å². The first-order chi connectivity index (χ1) is 9.70. The third-order valence-electron chi connectivity index (χ3n) is 5.19. The minimum absolute atomic E-state index is 0.376. The Balaban J connectivity index is 1.81. The SMILES string of the molecule is CNC1c2ccccc2OCC1N1CCC(C)C(C)C1. The summed E-state index contributed by atoms with van der Waals surface area (Å²) in [5.41, 5.74) is 1.30. The Hall–Kier alpha value is -1.06. The van der Waals surface area contributed by atoms with Crippen molar-refractivity contribution in [2.24, 2.45) is 11.8 Å². The lowest BCUT2D eigenvalue weighted by Crippen LogP contribution is -2.53. The van der Waals surface area contributed by atoms with Gasteiger partial charge in [0.15, 0.2) is 0 Å². The summed E-state index contributed by atoms with van der Waals surface area (Å²) in [6.45, 7) is 7.94. The Morgan fingerprint density at radius 1 is 1.20 bits per heavy atom. The van der Waals surface area contributed by atoms with Gasteiger partial charge in [-0.1, -0.05) is 32.0 Å². The molecule has 1 N–H and O–H groups in total. The first kappa shape index (κ1) is 13.9. The lowest BCUT2D eigenvalue weighted by atomic mass is 9.86. The molecule has 0 radical (unpaired) electrons. The molecule has 0 aliphatic carbocycles. The highest BCUT2D eigenvalue weighted by atomic mass is 16.5. The third-order valence-corrected chi connectivity index (χ3v) is 5.19. The van der Waals surface area contributed by atoms with Gasteiger partial charge in [-0.25, -0.2) is 0 Å². The molecule has 0 aromatic heterocycles. The number of para-hydroxylation sites is 1. The molecule has 0 bridgehead atoms. The van der Waals surface area contributed by atoms with Gasteiger partial charge in [0.05, 0.1) is 12.1 Å². The predicted molar refractivity (Wildman–Crippen MR) is 82.0 cm³/mol. The number of rotatable bonds is 2. The molecular formula is C17H26N2O. The van der Waals surface area contributed by atoms with Crippen LogP contribution in [0.1, 0.15) is 31.9 Å². The molecule has 0 saturated carbocycles. The molecule has 1 aromatic carbocycles. The smallest absolute Gasteiger partial charge is 0.124 e. The van der Waals surface area contributed by atoms with Crippen LogP contribution < -0.4 is 10.1 Å². The van der Waals surface area contributed by atoms with Gasteiger partial charge in [-0.05, 0) is 37.9 Å². The first-order valence-electron chi connectivity index (χ1n) is 7.83. The summed E-state index contributed by atoms with van der Waals surface area (Å²) in [5, 5.41) is 3.51. The Kier molecular flexibility index (Phi) is 3.99. The molecule has 4 unspecified atom stereocenters. The second kappa shape index (κ2) is 5.74. The standard InChI is InChI=1S/C17H26N2O/c1-12-8-9-19(10-13(12)2)15-11-20-16-7-5-4-6-14(16)17(15)18-3/h4-7,12-13,15,17-18H,8-11H2,1-3H3. The minimum atomic E-state index is 0.376. The van der Waals surface area contributed by atoms with E-state index in [1.807, 2.05) is 0 Å². The summed E-state index contributed by atoms with van der Waals surface area (Å²) >= 11 is 0. The molecule has 0 spiro atoms. The van der Waals surface area contributed by atoms with Gasteiger partial charge >= 0.3 is 0 Å². The van der Waals surface area contributed by atoms with E-state index in [-0.39, 0.29) is 0 Å². The average molecular weight is 274 g/mol. The Bertz CT molecular complexity index is 462. The van der Waals surface area contributed by atoms with E-state index in [0.717, 1.165) is 24.2 Å². The van der Waals surface area contributed by atoms with Crippen LogP contribution in [0.5, 0.6) is 5.75 Å². The maximum absolute atomic E-state index is 6.00. The van der Waals surface area contributed by atoms with Crippen molar-refractivity contribution < 1.29 is 4.74 Å². The fourth-order valence-corrected chi connectivity index (χ4v) is 3.61. The van der Waals surface area contributed by atoms with Crippen LogP contribution in [0.3, 0.4) is 0 Å². The van der Waals surface area contributed by atoms with Crippen LogP contribution >= 0.6 is 0 Å². The summed E-state index contributed by atoms with van der Waals surface area (Å²) in [6, 6.07) is 9.26. The number of ether oxygens (including phenoxy) is 1. The lowest BCUT2D eigenvalue weighted by Gasteiger charge is -2.45. The zero-order chi connectivity index (χ0) is 14.1. The fourth-order valence-electron chi connectivity index (χ4n) is 3.61. The molecule has 3 nitrogen and oxygen atoms in total. The van der Waals surface area contributed by atoms with Crippen molar-refractivity contribution in [2.75, 3.05) is 26.7 Å². The quantitative estimate of drug-likeness (QED) is 0.897. The van der Waals surface area contributed by atoms with Gasteiger partial charge in [-0.15, -0.1) is 0 Å². The molecule has 110 valence electrons. The van der Waals surface area contributed by atoms with Crippen molar-refractivity contribution in [3.63, 3.8) is 0 Å². The van der Waals surface area contributed by atoms with E-state index in [9.17, 15) is 0 Å². The van der Waals surface area contributed by atoms with Crippen molar-refractivity contribution in [1.29, 1.82) is 0 Å². The molecule has 1 fully saturated rings. The molecule has 2 aliphatic rings. The van der Waals surface area contributed by atoms with E-state index in [4.69, 9.17) is 4.74 Å². The van der Waals surface area contributed by atoms with E-state index < -0.39 is 0 Å². The molecule has 2 heterocycles. The normalized spacial score (nSPS) is 34.4. The molecule has 1 saturated heterocycles. The van der Waals surface area contributed by atoms with Crippen LogP contribution in [-0.4, -0.2) is 37.7 Å². The van der Waals surface area contributed by atoms with E-state index >= 15 is 0 Å². The van der Waals surface area contributed by atoms with E-state index in [1.165, 1.54) is 25.1 Å². The van der Waals surface area contributed by atoms with Crippen LogP contribution in [0.4, 0.5) is 0 Å². The Morgan fingerprint density at radius 2 is 2.00 bits per heavy atom. The van der Waals surface area contributed by atoms with Crippen molar-refractivity contribution in [3.8, 4) is 5.75 Å². The monoisotopic (exact) mass is 274 g/mol. The number of benzene rings is 1. The van der Waals surface area contributed by atoms with Gasteiger partial charge in [-0.3, -0.25) is 4.90 Å². The number of likely N-dealkylation sites (tertiary alicyclic amines) is 1. The largest absolute Gasteiger partial charge is 0.492 e. The highest BCUT2D eigenvalue weighted by molar-refractivity contribution is 5.38. The number of likely N-dealkylation sites (N-methyl/N-ethyl adjacent to an activating group) is 1. The van der Waals surface area contributed by atoms with Crippen molar-refractivity contribution in [2.45, 2.75) is 32.4 Å². The fraction of sp³-hybridized carbons (Fsp3) is 0.647. The Morgan fingerprint density at radius 3 is 2.75 bits per heavy atom. The van der Waals surface area contributed by atoms with Gasteiger partial charge < -0.3 is 10.1 Å². The second-order valence-corrected chi connectivity index (χ2v) is 6.42. The number of hydrogen-bond acceptors (Lipinski definition) is 3. The van der Waals surface area contributed by atoms with Gasteiger partial charge in [-0.2, -0.15) is 0 Å². The molecule has 4 atom stereocenters. The number of nitrogens with one attached hydrogen (secondary N) is 1.